The third-order valence-electron chi connectivity index (χ3n) is 4.96. The topological polar surface area (TPSA) is 40.5 Å². The van der Waals surface area contributed by atoms with Crippen LogP contribution in [0.5, 0.6) is 0 Å². The third kappa shape index (κ3) is 2.84. The van der Waals surface area contributed by atoms with Crippen LogP contribution >= 0.6 is 0 Å². The largest absolute Gasteiger partial charge is 0.392 e. The predicted molar refractivity (Wildman–Crippen MR) is 83.0 cm³/mol. The average molecular weight is 287 g/mol. The molecule has 3 atom stereocenters. The molecular formula is C18H25NO2. The van der Waals surface area contributed by atoms with Crippen molar-refractivity contribution in [2.45, 2.75) is 58.1 Å². The molecule has 21 heavy (non-hydrogen) atoms. The van der Waals surface area contributed by atoms with E-state index in [1.54, 1.807) is 0 Å². The number of nitrogens with zero attached hydrogens (tertiary/aromatic N) is 1. The maximum Gasteiger partial charge on any atom is 0.228 e. The van der Waals surface area contributed by atoms with E-state index in [0.717, 1.165) is 38.6 Å². The maximum absolute atomic E-state index is 12.8. The van der Waals surface area contributed by atoms with Crippen LogP contribution in [-0.4, -0.2) is 28.6 Å². The van der Waals surface area contributed by atoms with E-state index in [9.17, 15) is 9.90 Å². The fraction of sp³-hybridized carbons (Fsp3) is 0.611. The van der Waals surface area contributed by atoms with Gasteiger partial charge in [-0.15, -0.1) is 0 Å². The van der Waals surface area contributed by atoms with Gasteiger partial charge in [0.05, 0.1) is 18.1 Å². The summed E-state index contributed by atoms with van der Waals surface area (Å²) in [5, 5.41) is 10.0. The predicted octanol–water partition coefficient (Wildman–Crippen LogP) is 3.13. The quantitative estimate of drug-likeness (QED) is 0.908. The number of hydrogen-bond donors (Lipinski definition) is 1. The Hall–Kier alpha value is -1.35. The molecule has 3 heteroatoms. The van der Waals surface area contributed by atoms with Gasteiger partial charge in [-0.2, -0.15) is 0 Å². The number of rotatable bonds is 2. The standard InChI is InChI=1S/C18H25NO2/c1-12-9-13(2)11-14(10-12)16-6-4-8-19(16)18(21)15-5-3-7-17(15)20/h9-11,15-17,20H,3-8H2,1-2H3. The molecule has 1 aliphatic heterocycles. The summed E-state index contributed by atoms with van der Waals surface area (Å²) < 4.78 is 0. The Bertz CT molecular complexity index is 520. The van der Waals surface area contributed by atoms with Crippen molar-refractivity contribution in [2.24, 2.45) is 5.92 Å². The molecule has 0 spiro atoms. The maximum atomic E-state index is 12.8. The molecule has 2 aliphatic rings. The first kappa shape index (κ1) is 14.6. The molecule has 1 aromatic carbocycles. The summed E-state index contributed by atoms with van der Waals surface area (Å²) in [5.41, 5.74) is 3.77. The molecule has 1 aliphatic carbocycles. The highest BCUT2D eigenvalue weighted by atomic mass is 16.3. The lowest BCUT2D eigenvalue weighted by Gasteiger charge is -2.29. The zero-order valence-electron chi connectivity index (χ0n) is 13.0. The number of carbonyl (C=O) groups excluding carboxylic acids is 1. The van der Waals surface area contributed by atoms with Crippen molar-refractivity contribution in [1.29, 1.82) is 0 Å². The molecule has 0 radical (unpaired) electrons. The second-order valence-corrected chi connectivity index (χ2v) is 6.72. The number of likely N-dealkylation sites (tertiary alicyclic amines) is 1. The van der Waals surface area contributed by atoms with Gasteiger partial charge in [0.1, 0.15) is 0 Å². The van der Waals surface area contributed by atoms with Crippen LogP contribution in [0.3, 0.4) is 0 Å². The molecule has 1 saturated carbocycles. The van der Waals surface area contributed by atoms with E-state index in [1.807, 2.05) is 4.90 Å². The molecule has 3 unspecified atom stereocenters. The molecular weight excluding hydrogens is 262 g/mol. The fourth-order valence-electron chi connectivity index (χ4n) is 4.02. The Balaban J connectivity index is 1.83. The number of aryl methyl sites for hydroxylation is 2. The monoisotopic (exact) mass is 287 g/mol. The number of aliphatic hydroxyl groups excluding tert-OH is 1. The van der Waals surface area contributed by atoms with Gasteiger partial charge in [0.2, 0.25) is 5.91 Å². The van der Waals surface area contributed by atoms with E-state index >= 15 is 0 Å². The van der Waals surface area contributed by atoms with Crippen LogP contribution in [0.25, 0.3) is 0 Å². The van der Waals surface area contributed by atoms with E-state index in [4.69, 9.17) is 0 Å². The minimum atomic E-state index is -0.432. The van der Waals surface area contributed by atoms with Crippen LogP contribution in [0, 0.1) is 19.8 Å². The number of aliphatic hydroxyl groups is 1. The van der Waals surface area contributed by atoms with Crippen molar-refractivity contribution in [2.75, 3.05) is 6.54 Å². The van der Waals surface area contributed by atoms with Crippen LogP contribution in [0.1, 0.15) is 54.8 Å². The van der Waals surface area contributed by atoms with E-state index in [2.05, 4.69) is 32.0 Å². The second kappa shape index (κ2) is 5.80. The Morgan fingerprint density at radius 3 is 2.43 bits per heavy atom. The number of carbonyl (C=O) groups is 1. The number of amides is 1. The fourth-order valence-corrected chi connectivity index (χ4v) is 4.02. The first-order valence-corrected chi connectivity index (χ1v) is 8.13. The molecule has 1 aromatic rings. The lowest BCUT2D eigenvalue weighted by molar-refractivity contribution is -0.139. The van der Waals surface area contributed by atoms with Gasteiger partial charge in [-0.25, -0.2) is 0 Å². The normalized spacial score (nSPS) is 29.1. The van der Waals surface area contributed by atoms with E-state index in [1.165, 1.54) is 16.7 Å². The third-order valence-corrected chi connectivity index (χ3v) is 4.96. The van der Waals surface area contributed by atoms with Crippen molar-refractivity contribution in [3.8, 4) is 0 Å². The summed E-state index contributed by atoms with van der Waals surface area (Å²) in [7, 11) is 0. The van der Waals surface area contributed by atoms with Gasteiger partial charge in [0.15, 0.2) is 0 Å². The molecule has 1 amide bonds. The zero-order valence-corrected chi connectivity index (χ0v) is 13.0. The zero-order chi connectivity index (χ0) is 15.0. The van der Waals surface area contributed by atoms with Crippen LogP contribution in [0.2, 0.25) is 0 Å². The number of hydrogen-bond acceptors (Lipinski definition) is 2. The molecule has 3 nitrogen and oxygen atoms in total. The lowest BCUT2D eigenvalue weighted by atomic mass is 9.98. The summed E-state index contributed by atoms with van der Waals surface area (Å²) in [6, 6.07) is 6.78. The van der Waals surface area contributed by atoms with Gasteiger partial charge >= 0.3 is 0 Å². The number of benzene rings is 1. The van der Waals surface area contributed by atoms with Gasteiger partial charge in [-0.3, -0.25) is 4.79 Å². The van der Waals surface area contributed by atoms with Gasteiger partial charge in [-0.1, -0.05) is 29.3 Å². The average Bonchev–Trinajstić information content (AvgIpc) is 3.05. The van der Waals surface area contributed by atoms with Gasteiger partial charge < -0.3 is 10.0 Å². The molecule has 3 rings (SSSR count). The van der Waals surface area contributed by atoms with Crippen molar-refractivity contribution >= 4 is 5.91 Å². The van der Waals surface area contributed by atoms with Crippen LogP contribution in [-0.2, 0) is 4.79 Å². The first-order chi connectivity index (χ1) is 10.1. The summed E-state index contributed by atoms with van der Waals surface area (Å²) in [6.45, 7) is 5.05. The molecule has 1 saturated heterocycles. The summed E-state index contributed by atoms with van der Waals surface area (Å²) >= 11 is 0. The van der Waals surface area contributed by atoms with Crippen molar-refractivity contribution in [3.05, 3.63) is 34.9 Å². The molecule has 0 bridgehead atoms. The van der Waals surface area contributed by atoms with Crippen molar-refractivity contribution in [3.63, 3.8) is 0 Å². The molecule has 1 heterocycles. The Labute approximate surface area is 127 Å². The highest BCUT2D eigenvalue weighted by molar-refractivity contribution is 5.80. The Morgan fingerprint density at radius 1 is 1.10 bits per heavy atom. The van der Waals surface area contributed by atoms with E-state index < -0.39 is 6.10 Å². The van der Waals surface area contributed by atoms with Gasteiger partial charge in [0, 0.05) is 6.54 Å². The summed E-state index contributed by atoms with van der Waals surface area (Å²) in [5.74, 6) is -0.00170. The lowest BCUT2D eigenvalue weighted by Crippen LogP contribution is -2.38. The van der Waals surface area contributed by atoms with Gasteiger partial charge in [-0.05, 0) is 51.5 Å². The highest BCUT2D eigenvalue weighted by Crippen LogP contribution is 2.37. The van der Waals surface area contributed by atoms with Crippen LogP contribution in [0.4, 0.5) is 0 Å². The molecule has 1 N–H and O–H groups in total. The Morgan fingerprint density at radius 2 is 1.81 bits per heavy atom. The minimum Gasteiger partial charge on any atom is -0.392 e. The SMILES string of the molecule is Cc1cc(C)cc(C2CCCN2C(=O)C2CCCC2O)c1. The van der Waals surface area contributed by atoms with E-state index in [0.29, 0.717) is 0 Å². The molecule has 0 aromatic heterocycles. The molecule has 2 fully saturated rings. The van der Waals surface area contributed by atoms with Crippen LogP contribution < -0.4 is 0 Å². The Kier molecular flexibility index (Phi) is 4.03. The van der Waals surface area contributed by atoms with Crippen molar-refractivity contribution in [1.82, 2.24) is 4.90 Å². The van der Waals surface area contributed by atoms with Crippen molar-refractivity contribution < 1.29 is 9.90 Å². The van der Waals surface area contributed by atoms with Gasteiger partial charge in [0.25, 0.3) is 0 Å². The van der Waals surface area contributed by atoms with Crippen LogP contribution in [0.15, 0.2) is 18.2 Å². The minimum absolute atomic E-state index is 0.168. The summed E-state index contributed by atoms with van der Waals surface area (Å²) in [6.07, 6.45) is 4.26. The second-order valence-electron chi connectivity index (χ2n) is 6.72. The highest BCUT2D eigenvalue weighted by Gasteiger charge is 2.38. The summed E-state index contributed by atoms with van der Waals surface area (Å²) in [4.78, 5) is 14.8. The smallest absolute Gasteiger partial charge is 0.228 e. The first-order valence-electron chi connectivity index (χ1n) is 8.13. The van der Waals surface area contributed by atoms with E-state index in [-0.39, 0.29) is 17.9 Å². The molecule has 114 valence electrons.